The van der Waals surface area contributed by atoms with Gasteiger partial charge < -0.3 is 19.5 Å². The molecule has 3 rings (SSSR count). The molecule has 0 saturated carbocycles. The highest BCUT2D eigenvalue weighted by Crippen LogP contribution is 2.26. The molecule has 0 aliphatic carbocycles. The van der Waals surface area contributed by atoms with Crippen LogP contribution >= 0.6 is 0 Å². The van der Waals surface area contributed by atoms with Crippen LogP contribution in [0.3, 0.4) is 0 Å². The van der Waals surface area contributed by atoms with Crippen molar-refractivity contribution in [1.82, 2.24) is 0 Å². The third kappa shape index (κ3) is 2.44. The van der Waals surface area contributed by atoms with E-state index in [1.807, 2.05) is 24.3 Å². The molecule has 0 bridgehead atoms. The minimum atomic E-state index is -0.400. The number of hydrogen-bond acceptors (Lipinski definition) is 5. The molecule has 2 heterocycles. The summed E-state index contributed by atoms with van der Waals surface area (Å²) in [6.45, 7) is 3.38. The van der Waals surface area contributed by atoms with Crippen LogP contribution in [0.2, 0.25) is 0 Å². The van der Waals surface area contributed by atoms with E-state index in [-0.39, 0.29) is 19.3 Å². The number of morpholine rings is 1. The molecule has 0 aromatic heterocycles. The van der Waals surface area contributed by atoms with Crippen LogP contribution in [-0.2, 0) is 9.47 Å². The smallest absolute Gasteiger partial charge is 0.414 e. The SMILES string of the molecule is O=C1OC[C@@H](CO)N1c1ccc(N2CCOCC2)cc1. The minimum absolute atomic E-state index is 0.100. The van der Waals surface area contributed by atoms with Gasteiger partial charge in [-0.3, -0.25) is 4.90 Å². The fourth-order valence-corrected chi connectivity index (χ4v) is 2.56. The van der Waals surface area contributed by atoms with Crippen LogP contribution < -0.4 is 9.80 Å². The highest BCUT2D eigenvalue weighted by Gasteiger charge is 2.33. The second kappa shape index (κ2) is 5.68. The maximum atomic E-state index is 11.7. The summed E-state index contributed by atoms with van der Waals surface area (Å²) in [5.41, 5.74) is 1.87. The fourth-order valence-electron chi connectivity index (χ4n) is 2.56. The topological polar surface area (TPSA) is 62.2 Å². The lowest BCUT2D eigenvalue weighted by atomic mass is 10.2. The summed E-state index contributed by atoms with van der Waals surface area (Å²) in [7, 11) is 0. The number of aliphatic hydroxyl groups excluding tert-OH is 1. The third-order valence-corrected chi connectivity index (χ3v) is 3.68. The summed E-state index contributed by atoms with van der Waals surface area (Å²) in [5, 5.41) is 9.28. The van der Waals surface area contributed by atoms with Crippen LogP contribution in [-0.4, -0.2) is 56.8 Å². The van der Waals surface area contributed by atoms with Crippen LogP contribution in [0, 0.1) is 0 Å². The second-order valence-corrected chi connectivity index (χ2v) is 4.90. The van der Waals surface area contributed by atoms with Crippen molar-refractivity contribution >= 4 is 17.5 Å². The van der Waals surface area contributed by atoms with Crippen LogP contribution in [0.5, 0.6) is 0 Å². The zero-order valence-corrected chi connectivity index (χ0v) is 11.2. The molecule has 0 spiro atoms. The van der Waals surface area contributed by atoms with E-state index in [9.17, 15) is 9.90 Å². The molecule has 108 valence electrons. The van der Waals surface area contributed by atoms with Crippen molar-refractivity contribution in [2.24, 2.45) is 0 Å². The predicted molar refractivity (Wildman–Crippen MR) is 74.2 cm³/mol. The molecule has 2 aliphatic heterocycles. The molecule has 6 heteroatoms. The Balaban J connectivity index is 1.76. The number of aliphatic hydroxyl groups is 1. The molecule has 2 saturated heterocycles. The zero-order chi connectivity index (χ0) is 13.9. The Labute approximate surface area is 117 Å². The molecule has 2 aliphatic rings. The van der Waals surface area contributed by atoms with Crippen LogP contribution in [0.4, 0.5) is 16.2 Å². The lowest BCUT2D eigenvalue weighted by Crippen LogP contribution is -2.37. The summed E-state index contributed by atoms with van der Waals surface area (Å²) in [6, 6.07) is 7.46. The molecule has 0 unspecified atom stereocenters. The lowest BCUT2D eigenvalue weighted by molar-refractivity contribution is 0.122. The van der Waals surface area contributed by atoms with Gasteiger partial charge in [0.05, 0.1) is 25.9 Å². The Morgan fingerprint density at radius 2 is 1.80 bits per heavy atom. The Hall–Kier alpha value is -1.79. The predicted octanol–water partition coefficient (Wildman–Crippen LogP) is 0.841. The molecule has 2 fully saturated rings. The molecule has 1 atom stereocenters. The van der Waals surface area contributed by atoms with E-state index in [1.54, 1.807) is 0 Å². The van der Waals surface area contributed by atoms with E-state index in [1.165, 1.54) is 4.90 Å². The number of carbonyl (C=O) groups is 1. The average molecular weight is 278 g/mol. The first kappa shape index (κ1) is 13.2. The number of amides is 1. The van der Waals surface area contributed by atoms with Gasteiger partial charge in [0, 0.05) is 24.5 Å². The van der Waals surface area contributed by atoms with Crippen molar-refractivity contribution in [1.29, 1.82) is 0 Å². The van der Waals surface area contributed by atoms with Crippen LogP contribution in [0.25, 0.3) is 0 Å². The third-order valence-electron chi connectivity index (χ3n) is 3.68. The van der Waals surface area contributed by atoms with Gasteiger partial charge in [-0.1, -0.05) is 0 Å². The minimum Gasteiger partial charge on any atom is -0.447 e. The van der Waals surface area contributed by atoms with E-state index >= 15 is 0 Å². The molecule has 1 N–H and O–H groups in total. The Kier molecular flexibility index (Phi) is 3.75. The van der Waals surface area contributed by atoms with Gasteiger partial charge in [0.25, 0.3) is 0 Å². The van der Waals surface area contributed by atoms with E-state index in [0.717, 1.165) is 37.7 Å². The highest BCUT2D eigenvalue weighted by atomic mass is 16.6. The van der Waals surface area contributed by atoms with E-state index < -0.39 is 6.09 Å². The van der Waals surface area contributed by atoms with Crippen molar-refractivity contribution in [3.05, 3.63) is 24.3 Å². The van der Waals surface area contributed by atoms with Gasteiger partial charge in [0.15, 0.2) is 0 Å². The molecule has 1 amide bonds. The molecular formula is C14H18N2O4. The summed E-state index contributed by atoms with van der Waals surface area (Å²) in [5.74, 6) is 0. The fraction of sp³-hybridized carbons (Fsp3) is 0.500. The maximum absolute atomic E-state index is 11.7. The quantitative estimate of drug-likeness (QED) is 0.887. The maximum Gasteiger partial charge on any atom is 0.414 e. The monoisotopic (exact) mass is 278 g/mol. The van der Waals surface area contributed by atoms with Gasteiger partial charge >= 0.3 is 6.09 Å². The first-order chi connectivity index (χ1) is 9.79. The van der Waals surface area contributed by atoms with Gasteiger partial charge in [-0.15, -0.1) is 0 Å². The number of anilines is 2. The van der Waals surface area contributed by atoms with Gasteiger partial charge in [0.2, 0.25) is 0 Å². The van der Waals surface area contributed by atoms with Crippen molar-refractivity contribution in [2.45, 2.75) is 6.04 Å². The number of carbonyl (C=O) groups excluding carboxylic acids is 1. The first-order valence-corrected chi connectivity index (χ1v) is 6.79. The van der Waals surface area contributed by atoms with Crippen LogP contribution in [0.15, 0.2) is 24.3 Å². The Bertz CT molecular complexity index is 471. The average Bonchev–Trinajstić information content (AvgIpc) is 2.89. The van der Waals surface area contributed by atoms with Crippen LogP contribution in [0.1, 0.15) is 0 Å². The number of rotatable bonds is 3. The van der Waals surface area contributed by atoms with E-state index in [2.05, 4.69) is 4.90 Å². The molecule has 1 aromatic carbocycles. The molecular weight excluding hydrogens is 260 g/mol. The van der Waals surface area contributed by atoms with Gasteiger partial charge in [-0.2, -0.15) is 0 Å². The molecule has 6 nitrogen and oxygen atoms in total. The van der Waals surface area contributed by atoms with Gasteiger partial charge in [-0.05, 0) is 24.3 Å². The summed E-state index contributed by atoms with van der Waals surface area (Å²) in [4.78, 5) is 15.4. The van der Waals surface area contributed by atoms with Gasteiger partial charge in [-0.25, -0.2) is 4.79 Å². The Morgan fingerprint density at radius 3 is 2.45 bits per heavy atom. The number of nitrogens with zero attached hydrogens (tertiary/aromatic N) is 2. The molecule has 20 heavy (non-hydrogen) atoms. The molecule has 1 aromatic rings. The van der Waals surface area contributed by atoms with Crippen molar-refractivity contribution in [3.63, 3.8) is 0 Å². The lowest BCUT2D eigenvalue weighted by Gasteiger charge is -2.29. The largest absolute Gasteiger partial charge is 0.447 e. The normalized spacial score (nSPS) is 23.1. The van der Waals surface area contributed by atoms with E-state index in [0.29, 0.717) is 0 Å². The standard InChI is InChI=1S/C14H18N2O4/c17-9-13-10-20-14(18)16(13)12-3-1-11(2-4-12)15-5-7-19-8-6-15/h1-4,13,17H,5-10H2/t13-/m1/s1. The zero-order valence-electron chi connectivity index (χ0n) is 11.2. The Morgan fingerprint density at radius 1 is 1.15 bits per heavy atom. The number of ether oxygens (including phenoxy) is 2. The first-order valence-electron chi connectivity index (χ1n) is 6.79. The van der Waals surface area contributed by atoms with Gasteiger partial charge in [0.1, 0.15) is 6.61 Å². The highest BCUT2D eigenvalue weighted by molar-refractivity contribution is 5.90. The van der Waals surface area contributed by atoms with Crippen molar-refractivity contribution in [3.8, 4) is 0 Å². The summed E-state index contributed by atoms with van der Waals surface area (Å²) in [6.07, 6.45) is -0.400. The second-order valence-electron chi connectivity index (χ2n) is 4.90. The van der Waals surface area contributed by atoms with Crippen molar-refractivity contribution in [2.75, 3.05) is 49.3 Å². The number of benzene rings is 1. The van der Waals surface area contributed by atoms with E-state index in [4.69, 9.17) is 9.47 Å². The summed E-state index contributed by atoms with van der Waals surface area (Å²) < 4.78 is 10.3. The number of cyclic esters (lactones) is 1. The number of hydrogen-bond donors (Lipinski definition) is 1. The van der Waals surface area contributed by atoms with Crippen molar-refractivity contribution < 1.29 is 19.4 Å². The molecule has 0 radical (unpaired) electrons. The summed E-state index contributed by atoms with van der Waals surface area (Å²) >= 11 is 0.